The highest BCUT2D eigenvalue weighted by Crippen LogP contribution is 2.45. The second-order valence-corrected chi connectivity index (χ2v) is 4.89. The summed E-state index contributed by atoms with van der Waals surface area (Å²) in [5.41, 5.74) is 0. The highest BCUT2D eigenvalue weighted by molar-refractivity contribution is 6.17. The van der Waals surface area contributed by atoms with Gasteiger partial charge in [0.25, 0.3) is 0 Å². The standard InChI is InChI=1S/C11H14ClF3N2O/c12-6-5-9-16-17-10(18-9)7-3-1-2-4-8(7)11(13,14)15/h7-8H,1-6H2. The van der Waals surface area contributed by atoms with E-state index in [2.05, 4.69) is 10.2 Å². The molecule has 2 rings (SSSR count). The third kappa shape index (κ3) is 2.96. The van der Waals surface area contributed by atoms with Crippen LogP contribution in [0.2, 0.25) is 0 Å². The van der Waals surface area contributed by atoms with Gasteiger partial charge in [-0.05, 0) is 12.8 Å². The van der Waals surface area contributed by atoms with Crippen LogP contribution in [0.25, 0.3) is 0 Å². The Balaban J connectivity index is 2.17. The predicted molar refractivity (Wildman–Crippen MR) is 59.5 cm³/mol. The van der Waals surface area contributed by atoms with Crippen molar-refractivity contribution in [1.82, 2.24) is 10.2 Å². The van der Waals surface area contributed by atoms with Gasteiger partial charge in [0.05, 0.1) is 5.92 Å². The summed E-state index contributed by atoms with van der Waals surface area (Å²) >= 11 is 5.52. The van der Waals surface area contributed by atoms with E-state index < -0.39 is 18.0 Å². The molecule has 1 heterocycles. The molecule has 0 spiro atoms. The summed E-state index contributed by atoms with van der Waals surface area (Å²) in [5.74, 6) is -1.33. The van der Waals surface area contributed by atoms with Crippen LogP contribution in [0.1, 0.15) is 43.4 Å². The molecule has 0 aromatic carbocycles. The topological polar surface area (TPSA) is 38.9 Å². The third-order valence-electron chi connectivity index (χ3n) is 3.29. The minimum atomic E-state index is -4.20. The minimum absolute atomic E-state index is 0.108. The lowest BCUT2D eigenvalue weighted by molar-refractivity contribution is -0.188. The van der Waals surface area contributed by atoms with E-state index in [-0.39, 0.29) is 12.3 Å². The molecule has 0 N–H and O–H groups in total. The van der Waals surface area contributed by atoms with Crippen LogP contribution in [0.3, 0.4) is 0 Å². The Kier molecular flexibility index (Phi) is 4.14. The molecular weight excluding hydrogens is 269 g/mol. The van der Waals surface area contributed by atoms with Gasteiger partial charge in [-0.2, -0.15) is 13.2 Å². The van der Waals surface area contributed by atoms with Gasteiger partial charge in [0, 0.05) is 18.2 Å². The number of halogens is 4. The van der Waals surface area contributed by atoms with Crippen molar-refractivity contribution in [3.63, 3.8) is 0 Å². The fourth-order valence-corrected chi connectivity index (χ4v) is 2.58. The van der Waals surface area contributed by atoms with Crippen molar-refractivity contribution in [3.8, 4) is 0 Å². The van der Waals surface area contributed by atoms with Crippen molar-refractivity contribution in [2.45, 2.75) is 44.2 Å². The summed E-state index contributed by atoms with van der Waals surface area (Å²) < 4.78 is 44.0. The van der Waals surface area contributed by atoms with Crippen LogP contribution < -0.4 is 0 Å². The minimum Gasteiger partial charge on any atom is -0.425 e. The lowest BCUT2D eigenvalue weighted by atomic mass is 9.79. The fraction of sp³-hybridized carbons (Fsp3) is 0.818. The second-order valence-electron chi connectivity index (χ2n) is 4.51. The number of rotatable bonds is 3. The SMILES string of the molecule is FC(F)(F)C1CCCCC1c1nnc(CCCl)o1. The van der Waals surface area contributed by atoms with E-state index >= 15 is 0 Å². The van der Waals surface area contributed by atoms with Gasteiger partial charge in [0.2, 0.25) is 11.8 Å². The zero-order valence-corrected chi connectivity index (χ0v) is 10.5. The molecule has 1 saturated carbocycles. The quantitative estimate of drug-likeness (QED) is 0.794. The maximum absolute atomic E-state index is 12.9. The molecule has 0 amide bonds. The van der Waals surface area contributed by atoms with E-state index in [4.69, 9.17) is 16.0 Å². The van der Waals surface area contributed by atoms with Crippen molar-refractivity contribution in [2.75, 3.05) is 5.88 Å². The monoisotopic (exact) mass is 282 g/mol. The van der Waals surface area contributed by atoms with Gasteiger partial charge in [0.1, 0.15) is 0 Å². The summed E-state index contributed by atoms with van der Waals surface area (Å²) in [6.45, 7) is 0. The molecule has 3 nitrogen and oxygen atoms in total. The van der Waals surface area contributed by atoms with Crippen molar-refractivity contribution >= 4 is 11.6 Å². The first-order chi connectivity index (χ1) is 8.52. The number of hydrogen-bond donors (Lipinski definition) is 0. The van der Waals surface area contributed by atoms with Crippen molar-refractivity contribution in [3.05, 3.63) is 11.8 Å². The van der Waals surface area contributed by atoms with Crippen molar-refractivity contribution in [1.29, 1.82) is 0 Å². The van der Waals surface area contributed by atoms with Gasteiger partial charge < -0.3 is 4.42 Å². The Bertz CT molecular complexity index is 394. The van der Waals surface area contributed by atoms with Gasteiger partial charge in [-0.25, -0.2) is 0 Å². The lowest BCUT2D eigenvalue weighted by Gasteiger charge is -2.30. The predicted octanol–water partition coefficient (Wildman–Crippen LogP) is 3.69. The summed E-state index contributed by atoms with van der Waals surface area (Å²) in [6.07, 6.45) is -1.86. The van der Waals surface area contributed by atoms with E-state index in [1.165, 1.54) is 0 Å². The fourth-order valence-electron chi connectivity index (χ4n) is 2.42. The van der Waals surface area contributed by atoms with Crippen LogP contribution >= 0.6 is 11.6 Å². The third-order valence-corrected chi connectivity index (χ3v) is 3.48. The zero-order valence-electron chi connectivity index (χ0n) is 9.71. The maximum Gasteiger partial charge on any atom is 0.392 e. The van der Waals surface area contributed by atoms with Gasteiger partial charge in [-0.15, -0.1) is 21.8 Å². The zero-order chi connectivity index (χ0) is 13.2. The van der Waals surface area contributed by atoms with Crippen LogP contribution in [-0.4, -0.2) is 22.3 Å². The molecule has 1 aromatic rings. The van der Waals surface area contributed by atoms with Gasteiger partial charge in [0.15, 0.2) is 0 Å². The largest absolute Gasteiger partial charge is 0.425 e. The Morgan fingerprint density at radius 3 is 2.61 bits per heavy atom. The first-order valence-corrected chi connectivity index (χ1v) is 6.50. The number of alkyl halides is 4. The summed E-state index contributed by atoms with van der Waals surface area (Å²) in [6, 6.07) is 0. The Morgan fingerprint density at radius 2 is 1.94 bits per heavy atom. The average Bonchev–Trinajstić information content (AvgIpc) is 2.77. The molecule has 18 heavy (non-hydrogen) atoms. The highest BCUT2D eigenvalue weighted by Gasteiger charge is 2.47. The number of hydrogen-bond acceptors (Lipinski definition) is 3. The van der Waals surface area contributed by atoms with E-state index in [0.717, 1.165) is 6.42 Å². The first kappa shape index (κ1) is 13.6. The summed E-state index contributed by atoms with van der Waals surface area (Å²) in [4.78, 5) is 0. The molecule has 2 unspecified atom stereocenters. The summed E-state index contributed by atoms with van der Waals surface area (Å²) in [5, 5.41) is 7.48. The molecule has 0 saturated heterocycles. The molecule has 102 valence electrons. The Labute approximate surface area is 108 Å². The van der Waals surface area contributed by atoms with Crippen LogP contribution in [-0.2, 0) is 6.42 Å². The summed E-state index contributed by atoms with van der Waals surface area (Å²) in [7, 11) is 0. The normalized spacial score (nSPS) is 25.3. The average molecular weight is 283 g/mol. The van der Waals surface area contributed by atoms with Gasteiger partial charge >= 0.3 is 6.18 Å². The van der Waals surface area contributed by atoms with E-state index in [0.29, 0.717) is 31.0 Å². The van der Waals surface area contributed by atoms with Crippen LogP contribution in [0.15, 0.2) is 4.42 Å². The maximum atomic E-state index is 12.9. The molecule has 0 aliphatic heterocycles. The molecule has 0 bridgehead atoms. The molecule has 1 aliphatic carbocycles. The second kappa shape index (κ2) is 5.47. The number of nitrogens with zero attached hydrogens (tertiary/aromatic N) is 2. The van der Waals surface area contributed by atoms with Crippen molar-refractivity contribution < 1.29 is 17.6 Å². The first-order valence-electron chi connectivity index (χ1n) is 5.97. The Morgan fingerprint density at radius 1 is 1.22 bits per heavy atom. The number of aromatic nitrogens is 2. The molecule has 1 aromatic heterocycles. The molecule has 1 fully saturated rings. The van der Waals surface area contributed by atoms with Crippen LogP contribution in [0.5, 0.6) is 0 Å². The Hall–Kier alpha value is -0.780. The van der Waals surface area contributed by atoms with E-state index in [1.807, 2.05) is 0 Å². The van der Waals surface area contributed by atoms with Crippen LogP contribution in [0.4, 0.5) is 13.2 Å². The number of aryl methyl sites for hydroxylation is 1. The smallest absolute Gasteiger partial charge is 0.392 e. The molecule has 2 atom stereocenters. The highest BCUT2D eigenvalue weighted by atomic mass is 35.5. The molecule has 0 radical (unpaired) electrons. The van der Waals surface area contributed by atoms with Crippen molar-refractivity contribution in [2.24, 2.45) is 5.92 Å². The molecule has 7 heteroatoms. The van der Waals surface area contributed by atoms with Gasteiger partial charge in [-0.3, -0.25) is 0 Å². The van der Waals surface area contributed by atoms with Gasteiger partial charge in [-0.1, -0.05) is 12.8 Å². The van der Waals surface area contributed by atoms with E-state index in [1.54, 1.807) is 0 Å². The molecule has 1 aliphatic rings. The van der Waals surface area contributed by atoms with Crippen LogP contribution in [0, 0.1) is 5.92 Å². The molecular formula is C11H14ClF3N2O. The lowest BCUT2D eigenvalue weighted by Crippen LogP contribution is -2.31. The van der Waals surface area contributed by atoms with E-state index in [9.17, 15) is 13.2 Å².